The summed E-state index contributed by atoms with van der Waals surface area (Å²) in [7, 11) is 0. The lowest BCUT2D eigenvalue weighted by atomic mass is 10.1. The number of rotatable bonds is 3. The van der Waals surface area contributed by atoms with Crippen molar-refractivity contribution in [3.63, 3.8) is 0 Å². The fourth-order valence-corrected chi connectivity index (χ4v) is 1.17. The van der Waals surface area contributed by atoms with Gasteiger partial charge >= 0.3 is 0 Å². The molecule has 0 radical (unpaired) electrons. The van der Waals surface area contributed by atoms with Gasteiger partial charge in [0.1, 0.15) is 0 Å². The Bertz CT molecular complexity index is 444. The van der Waals surface area contributed by atoms with E-state index in [4.69, 9.17) is 5.26 Å². The first-order valence-electron chi connectivity index (χ1n) is 4.52. The number of benzene rings is 1. The maximum absolute atomic E-state index is 10.6. The Morgan fingerprint density at radius 3 is 2.93 bits per heavy atom. The van der Waals surface area contributed by atoms with Crippen LogP contribution in [-0.4, -0.2) is 4.92 Å². The van der Waals surface area contributed by atoms with E-state index in [0.29, 0.717) is 17.5 Å². The van der Waals surface area contributed by atoms with Crippen LogP contribution in [0, 0.1) is 21.4 Å². The topological polar surface area (TPSA) is 66.9 Å². The molecule has 0 atom stereocenters. The molecule has 15 heavy (non-hydrogen) atoms. The van der Waals surface area contributed by atoms with Crippen molar-refractivity contribution in [2.75, 3.05) is 0 Å². The zero-order chi connectivity index (χ0) is 11.3. The molecule has 0 aromatic heterocycles. The van der Waals surface area contributed by atoms with Gasteiger partial charge in [-0.1, -0.05) is 19.1 Å². The molecule has 0 aliphatic carbocycles. The number of nitriles is 1. The molecular weight excluding hydrogens is 192 g/mol. The lowest BCUT2D eigenvalue weighted by Gasteiger charge is -1.96. The molecule has 0 aliphatic heterocycles. The second kappa shape index (κ2) is 4.91. The van der Waals surface area contributed by atoms with E-state index >= 15 is 0 Å². The monoisotopic (exact) mass is 202 g/mol. The van der Waals surface area contributed by atoms with Gasteiger partial charge in [-0.3, -0.25) is 10.1 Å². The number of nitro groups is 1. The smallest absolute Gasteiger partial charge is 0.246 e. The van der Waals surface area contributed by atoms with Gasteiger partial charge in [0.15, 0.2) is 0 Å². The summed E-state index contributed by atoms with van der Waals surface area (Å²) < 4.78 is 0. The minimum absolute atomic E-state index is 0.144. The van der Waals surface area contributed by atoms with Crippen molar-refractivity contribution in [3.05, 3.63) is 51.2 Å². The third-order valence-electron chi connectivity index (χ3n) is 1.95. The van der Waals surface area contributed by atoms with E-state index in [9.17, 15) is 10.1 Å². The standard InChI is InChI=1S/C11H10N2O2/c1-2-11(13(14)15)7-9-4-3-5-10(6-9)8-12/h3-7H,2H2,1H3. The van der Waals surface area contributed by atoms with E-state index in [2.05, 4.69) is 0 Å². The fraction of sp³-hybridized carbons (Fsp3) is 0.182. The lowest BCUT2D eigenvalue weighted by Crippen LogP contribution is -1.96. The average Bonchev–Trinajstić information content (AvgIpc) is 2.25. The number of nitrogens with zero attached hydrogens (tertiary/aromatic N) is 2. The Labute approximate surface area is 87.6 Å². The molecule has 0 bridgehead atoms. The summed E-state index contributed by atoms with van der Waals surface area (Å²) in [6, 6.07) is 8.72. The first-order chi connectivity index (χ1) is 7.17. The molecule has 4 nitrogen and oxygen atoms in total. The molecule has 0 fully saturated rings. The fourth-order valence-electron chi connectivity index (χ4n) is 1.17. The second-order valence-corrected chi connectivity index (χ2v) is 2.98. The highest BCUT2D eigenvalue weighted by Crippen LogP contribution is 2.11. The van der Waals surface area contributed by atoms with Crippen molar-refractivity contribution < 1.29 is 4.92 Å². The second-order valence-electron chi connectivity index (χ2n) is 2.98. The van der Waals surface area contributed by atoms with Crippen LogP contribution in [0.15, 0.2) is 30.0 Å². The number of allylic oxidation sites excluding steroid dienone is 1. The third-order valence-corrected chi connectivity index (χ3v) is 1.95. The molecule has 1 rings (SSSR count). The van der Waals surface area contributed by atoms with Crippen LogP contribution in [-0.2, 0) is 0 Å². The first-order valence-corrected chi connectivity index (χ1v) is 4.52. The molecule has 0 spiro atoms. The predicted molar refractivity (Wildman–Crippen MR) is 56.4 cm³/mol. The minimum atomic E-state index is -0.404. The largest absolute Gasteiger partial charge is 0.259 e. The highest BCUT2D eigenvalue weighted by atomic mass is 16.6. The van der Waals surface area contributed by atoms with E-state index in [1.54, 1.807) is 31.2 Å². The Morgan fingerprint density at radius 1 is 1.67 bits per heavy atom. The van der Waals surface area contributed by atoms with Gasteiger partial charge in [-0.15, -0.1) is 0 Å². The zero-order valence-corrected chi connectivity index (χ0v) is 8.30. The number of hydrogen-bond acceptors (Lipinski definition) is 3. The molecule has 76 valence electrons. The van der Waals surface area contributed by atoms with Crippen LogP contribution in [0.2, 0.25) is 0 Å². The maximum atomic E-state index is 10.6. The molecule has 0 unspecified atom stereocenters. The maximum Gasteiger partial charge on any atom is 0.246 e. The van der Waals surface area contributed by atoms with Gasteiger partial charge in [-0.05, 0) is 17.7 Å². The van der Waals surface area contributed by atoms with Crippen molar-refractivity contribution in [3.8, 4) is 6.07 Å². The Balaban J connectivity index is 3.07. The molecule has 1 aromatic rings. The summed E-state index contributed by atoms with van der Waals surface area (Å²) in [6.45, 7) is 1.72. The summed E-state index contributed by atoms with van der Waals surface area (Å²) in [5.74, 6) is 0. The van der Waals surface area contributed by atoms with Gasteiger partial charge in [0, 0.05) is 12.5 Å². The van der Waals surface area contributed by atoms with Gasteiger partial charge in [0.05, 0.1) is 16.6 Å². The van der Waals surface area contributed by atoms with Crippen molar-refractivity contribution >= 4 is 6.08 Å². The molecule has 1 aromatic carbocycles. The van der Waals surface area contributed by atoms with Crippen LogP contribution in [0.3, 0.4) is 0 Å². The van der Waals surface area contributed by atoms with E-state index < -0.39 is 4.92 Å². The van der Waals surface area contributed by atoms with E-state index in [1.807, 2.05) is 6.07 Å². The molecular formula is C11H10N2O2. The summed E-state index contributed by atoms with van der Waals surface area (Å²) in [4.78, 5) is 10.2. The van der Waals surface area contributed by atoms with E-state index in [1.165, 1.54) is 6.08 Å². The summed E-state index contributed by atoms with van der Waals surface area (Å²) >= 11 is 0. The van der Waals surface area contributed by atoms with Crippen molar-refractivity contribution in [2.24, 2.45) is 0 Å². The zero-order valence-electron chi connectivity index (χ0n) is 8.30. The SMILES string of the molecule is CCC(=Cc1cccc(C#N)c1)[N+](=O)[O-]. The van der Waals surface area contributed by atoms with E-state index in [-0.39, 0.29) is 5.70 Å². The molecule has 0 saturated heterocycles. The van der Waals surface area contributed by atoms with Crippen LogP contribution < -0.4 is 0 Å². The van der Waals surface area contributed by atoms with Gasteiger partial charge in [0.2, 0.25) is 5.70 Å². The summed E-state index contributed by atoms with van der Waals surface area (Å²) in [5, 5.41) is 19.2. The lowest BCUT2D eigenvalue weighted by molar-refractivity contribution is -0.425. The normalized spacial score (nSPS) is 10.8. The quantitative estimate of drug-likeness (QED) is 0.558. The summed E-state index contributed by atoms with van der Waals surface area (Å²) in [5.41, 5.74) is 1.33. The van der Waals surface area contributed by atoms with Gasteiger partial charge in [-0.2, -0.15) is 5.26 Å². The van der Waals surface area contributed by atoms with Crippen LogP contribution >= 0.6 is 0 Å². The molecule has 0 saturated carbocycles. The minimum Gasteiger partial charge on any atom is -0.259 e. The molecule has 0 amide bonds. The molecule has 0 N–H and O–H groups in total. The Kier molecular flexibility index (Phi) is 3.58. The van der Waals surface area contributed by atoms with Crippen LogP contribution in [0.5, 0.6) is 0 Å². The van der Waals surface area contributed by atoms with Crippen molar-refractivity contribution in [2.45, 2.75) is 13.3 Å². The van der Waals surface area contributed by atoms with Gasteiger partial charge in [-0.25, -0.2) is 0 Å². The third kappa shape index (κ3) is 2.92. The van der Waals surface area contributed by atoms with Gasteiger partial charge in [0.25, 0.3) is 0 Å². The van der Waals surface area contributed by atoms with Crippen molar-refractivity contribution in [1.82, 2.24) is 0 Å². The highest BCUT2D eigenvalue weighted by Gasteiger charge is 2.06. The highest BCUT2D eigenvalue weighted by molar-refractivity contribution is 5.53. The number of hydrogen-bond donors (Lipinski definition) is 0. The van der Waals surface area contributed by atoms with Crippen LogP contribution in [0.4, 0.5) is 0 Å². The Hall–Kier alpha value is -2.15. The van der Waals surface area contributed by atoms with Crippen LogP contribution in [0.25, 0.3) is 6.08 Å². The molecule has 0 heterocycles. The van der Waals surface area contributed by atoms with Crippen molar-refractivity contribution in [1.29, 1.82) is 5.26 Å². The average molecular weight is 202 g/mol. The molecule has 4 heteroatoms. The first kappa shape index (κ1) is 10.9. The molecule has 0 aliphatic rings. The van der Waals surface area contributed by atoms with Crippen LogP contribution in [0.1, 0.15) is 24.5 Å². The summed E-state index contributed by atoms with van der Waals surface area (Å²) in [6.07, 6.45) is 1.85. The van der Waals surface area contributed by atoms with E-state index in [0.717, 1.165) is 0 Å². The predicted octanol–water partition coefficient (Wildman–Crippen LogP) is 2.59. The Morgan fingerprint density at radius 2 is 2.40 bits per heavy atom. The van der Waals surface area contributed by atoms with Gasteiger partial charge < -0.3 is 0 Å².